The van der Waals surface area contributed by atoms with Gasteiger partial charge in [0.2, 0.25) is 0 Å². The minimum Gasteiger partial charge on any atom is -0.484 e. The fourth-order valence-corrected chi connectivity index (χ4v) is 3.94. The van der Waals surface area contributed by atoms with Crippen LogP contribution in [0.4, 0.5) is 5.13 Å². The number of carbonyl (C=O) groups is 1. The summed E-state index contributed by atoms with van der Waals surface area (Å²) in [6.45, 7) is 6.33. The molecular weight excluding hydrogens is 424 g/mol. The maximum atomic E-state index is 12.2. The summed E-state index contributed by atoms with van der Waals surface area (Å²) in [5, 5.41) is 5.28. The maximum Gasteiger partial charge on any atom is 0.264 e. The summed E-state index contributed by atoms with van der Waals surface area (Å²) in [6.07, 6.45) is 0. The van der Waals surface area contributed by atoms with E-state index < -0.39 is 0 Å². The highest BCUT2D eigenvalue weighted by Gasteiger charge is 2.10. The van der Waals surface area contributed by atoms with Crippen LogP contribution in [0.5, 0.6) is 5.75 Å². The highest BCUT2D eigenvalue weighted by atomic mass is 79.9. The Balaban J connectivity index is 1.58. The molecule has 0 atom stereocenters. The fraction of sp³-hybridized carbons (Fsp3) is 0.238. The fourth-order valence-electron chi connectivity index (χ4n) is 2.80. The number of hydrogen-bond donors (Lipinski definition) is 1. The predicted molar refractivity (Wildman–Crippen MR) is 115 cm³/mol. The molecule has 0 aliphatic rings. The van der Waals surface area contributed by atoms with Gasteiger partial charge in [-0.05, 0) is 48.2 Å². The highest BCUT2D eigenvalue weighted by Crippen LogP contribution is 2.27. The van der Waals surface area contributed by atoms with E-state index in [4.69, 9.17) is 4.74 Å². The van der Waals surface area contributed by atoms with Gasteiger partial charge in [-0.25, -0.2) is 4.98 Å². The van der Waals surface area contributed by atoms with E-state index in [1.165, 1.54) is 22.5 Å². The quantitative estimate of drug-likeness (QED) is 0.505. The first-order valence-corrected chi connectivity index (χ1v) is 10.3. The largest absolute Gasteiger partial charge is 0.484 e. The summed E-state index contributed by atoms with van der Waals surface area (Å²) >= 11 is 4.85. The zero-order chi connectivity index (χ0) is 19.4. The van der Waals surface area contributed by atoms with Gasteiger partial charge >= 0.3 is 0 Å². The molecule has 3 aromatic rings. The molecule has 1 amide bonds. The normalized spacial score (nSPS) is 10.9. The van der Waals surface area contributed by atoms with Crippen molar-refractivity contribution in [2.75, 3.05) is 11.9 Å². The molecule has 0 spiro atoms. The standard InChI is InChI=1S/C21H21BrN2O2S/c1-13(2)18-8-7-17(9-14(18)3)26-11-20(25)24-21-23-19(12-27-21)15-5-4-6-16(22)10-15/h4-10,12-13H,11H2,1-3H3,(H,23,24,25). The Hall–Kier alpha value is -2.18. The molecule has 3 rings (SSSR count). The topological polar surface area (TPSA) is 51.2 Å². The molecule has 1 heterocycles. The van der Waals surface area contributed by atoms with Crippen LogP contribution >= 0.6 is 27.3 Å². The van der Waals surface area contributed by atoms with Gasteiger partial charge in [0.25, 0.3) is 5.91 Å². The Bertz CT molecular complexity index is 953. The minimum absolute atomic E-state index is 0.0493. The molecule has 0 unspecified atom stereocenters. The van der Waals surface area contributed by atoms with Crippen LogP contribution in [0.1, 0.15) is 30.9 Å². The highest BCUT2D eigenvalue weighted by molar-refractivity contribution is 9.10. The number of aromatic nitrogens is 1. The second kappa shape index (κ2) is 8.67. The average Bonchev–Trinajstić information content (AvgIpc) is 3.08. The Morgan fingerprint density at radius 1 is 1.26 bits per heavy atom. The van der Waals surface area contributed by atoms with Crippen LogP contribution < -0.4 is 10.1 Å². The lowest BCUT2D eigenvalue weighted by atomic mass is 9.98. The van der Waals surface area contributed by atoms with E-state index in [1.807, 2.05) is 41.8 Å². The first-order chi connectivity index (χ1) is 12.9. The van der Waals surface area contributed by atoms with E-state index in [-0.39, 0.29) is 12.5 Å². The first-order valence-electron chi connectivity index (χ1n) is 8.67. The molecule has 0 saturated carbocycles. The molecule has 0 saturated heterocycles. The number of ether oxygens (including phenoxy) is 1. The van der Waals surface area contributed by atoms with E-state index in [0.717, 1.165) is 15.7 Å². The SMILES string of the molecule is Cc1cc(OCC(=O)Nc2nc(-c3cccc(Br)c3)cs2)ccc1C(C)C. The molecule has 1 N–H and O–H groups in total. The van der Waals surface area contributed by atoms with Crippen LogP contribution in [0.2, 0.25) is 0 Å². The minimum atomic E-state index is -0.226. The van der Waals surface area contributed by atoms with Crippen molar-refractivity contribution in [3.8, 4) is 17.0 Å². The third kappa shape index (κ3) is 5.17. The van der Waals surface area contributed by atoms with Crippen LogP contribution in [0.15, 0.2) is 52.3 Å². The Kier molecular flexibility index (Phi) is 6.29. The monoisotopic (exact) mass is 444 g/mol. The number of carbonyl (C=O) groups excluding carboxylic acids is 1. The van der Waals surface area contributed by atoms with Gasteiger partial charge < -0.3 is 4.74 Å². The molecule has 6 heteroatoms. The molecule has 0 aliphatic heterocycles. The number of rotatable bonds is 6. The summed E-state index contributed by atoms with van der Waals surface area (Å²) in [6, 6.07) is 13.8. The Morgan fingerprint density at radius 3 is 2.78 bits per heavy atom. The van der Waals surface area contributed by atoms with E-state index >= 15 is 0 Å². The molecule has 0 radical (unpaired) electrons. The number of halogens is 1. The zero-order valence-corrected chi connectivity index (χ0v) is 17.9. The Morgan fingerprint density at radius 2 is 2.07 bits per heavy atom. The summed E-state index contributed by atoms with van der Waals surface area (Å²) in [5.74, 6) is 0.934. The molecule has 0 aliphatic carbocycles. The number of nitrogens with zero attached hydrogens (tertiary/aromatic N) is 1. The van der Waals surface area contributed by atoms with Crippen LogP contribution in [0.25, 0.3) is 11.3 Å². The number of benzene rings is 2. The van der Waals surface area contributed by atoms with Crippen molar-refractivity contribution in [3.05, 3.63) is 63.4 Å². The summed E-state index contributed by atoms with van der Waals surface area (Å²) in [7, 11) is 0. The van der Waals surface area contributed by atoms with Gasteiger partial charge in [-0.15, -0.1) is 11.3 Å². The van der Waals surface area contributed by atoms with E-state index in [9.17, 15) is 4.79 Å². The van der Waals surface area contributed by atoms with Crippen LogP contribution in [0.3, 0.4) is 0 Å². The van der Waals surface area contributed by atoms with Gasteiger partial charge in [0.1, 0.15) is 5.75 Å². The zero-order valence-electron chi connectivity index (χ0n) is 15.5. The van der Waals surface area contributed by atoms with E-state index in [0.29, 0.717) is 16.8 Å². The number of anilines is 1. The smallest absolute Gasteiger partial charge is 0.264 e. The molecule has 27 heavy (non-hydrogen) atoms. The van der Waals surface area contributed by atoms with Crippen LogP contribution in [-0.4, -0.2) is 17.5 Å². The lowest BCUT2D eigenvalue weighted by Crippen LogP contribution is -2.20. The summed E-state index contributed by atoms with van der Waals surface area (Å²) in [4.78, 5) is 16.6. The molecule has 2 aromatic carbocycles. The lowest BCUT2D eigenvalue weighted by Gasteiger charge is -2.12. The molecular formula is C21H21BrN2O2S. The number of amides is 1. The third-order valence-electron chi connectivity index (χ3n) is 4.10. The second-order valence-electron chi connectivity index (χ2n) is 6.56. The van der Waals surface area contributed by atoms with Gasteiger partial charge in [0.05, 0.1) is 5.69 Å². The number of hydrogen-bond acceptors (Lipinski definition) is 4. The van der Waals surface area contributed by atoms with Crippen molar-refractivity contribution in [1.29, 1.82) is 0 Å². The number of thiazole rings is 1. The molecule has 1 aromatic heterocycles. The average molecular weight is 445 g/mol. The van der Waals surface area contributed by atoms with Crippen molar-refractivity contribution in [2.24, 2.45) is 0 Å². The summed E-state index contributed by atoms with van der Waals surface area (Å²) in [5.41, 5.74) is 4.28. The third-order valence-corrected chi connectivity index (χ3v) is 5.36. The molecule has 4 nitrogen and oxygen atoms in total. The van der Waals surface area contributed by atoms with E-state index in [2.05, 4.69) is 53.1 Å². The predicted octanol–water partition coefficient (Wildman–Crippen LogP) is 6.02. The number of nitrogens with one attached hydrogen (secondary N) is 1. The van der Waals surface area contributed by atoms with Crippen LogP contribution in [-0.2, 0) is 4.79 Å². The van der Waals surface area contributed by atoms with Gasteiger partial charge in [-0.1, -0.05) is 48.0 Å². The van der Waals surface area contributed by atoms with Crippen molar-refractivity contribution in [2.45, 2.75) is 26.7 Å². The van der Waals surface area contributed by atoms with E-state index in [1.54, 1.807) is 0 Å². The van der Waals surface area contributed by atoms with Crippen molar-refractivity contribution in [1.82, 2.24) is 4.98 Å². The molecule has 140 valence electrons. The maximum absolute atomic E-state index is 12.2. The lowest BCUT2D eigenvalue weighted by molar-refractivity contribution is -0.118. The van der Waals surface area contributed by atoms with Gasteiger partial charge in [0, 0.05) is 15.4 Å². The van der Waals surface area contributed by atoms with Crippen molar-refractivity contribution < 1.29 is 9.53 Å². The van der Waals surface area contributed by atoms with Gasteiger partial charge in [0.15, 0.2) is 11.7 Å². The summed E-state index contributed by atoms with van der Waals surface area (Å²) < 4.78 is 6.61. The second-order valence-corrected chi connectivity index (χ2v) is 8.33. The van der Waals surface area contributed by atoms with Crippen molar-refractivity contribution >= 4 is 38.3 Å². The van der Waals surface area contributed by atoms with Crippen LogP contribution in [0, 0.1) is 6.92 Å². The van der Waals surface area contributed by atoms with Gasteiger partial charge in [-0.3, -0.25) is 10.1 Å². The number of aryl methyl sites for hydroxylation is 1. The molecule has 0 fully saturated rings. The van der Waals surface area contributed by atoms with Crippen molar-refractivity contribution in [3.63, 3.8) is 0 Å². The van der Waals surface area contributed by atoms with Gasteiger partial charge in [-0.2, -0.15) is 0 Å². The molecule has 0 bridgehead atoms. The first kappa shape index (κ1) is 19.6. The Labute approximate surface area is 171 Å².